The molecule has 0 aliphatic heterocycles. The van der Waals surface area contributed by atoms with Gasteiger partial charge in [0.15, 0.2) is 0 Å². The summed E-state index contributed by atoms with van der Waals surface area (Å²) in [5, 5.41) is 0. The molecule has 0 aliphatic carbocycles. The van der Waals surface area contributed by atoms with Crippen molar-refractivity contribution in [1.82, 2.24) is 0 Å². The fourth-order valence-electron chi connectivity index (χ4n) is 0. The highest BCUT2D eigenvalue weighted by atomic mass is 32.2. The molecular weight excluding hydrogens is 124 g/mol. The van der Waals surface area contributed by atoms with Gasteiger partial charge < -0.3 is 15.5 Å². The lowest BCUT2D eigenvalue weighted by atomic mass is 12.0. The fraction of sp³-hybridized carbons (Fsp3) is 1.00. The molecule has 0 aromatic carbocycles. The van der Waals surface area contributed by atoms with Crippen LogP contribution in [0.2, 0.25) is 0 Å². The zero-order valence-electron chi connectivity index (χ0n) is 3.58. The van der Waals surface area contributed by atoms with Crippen molar-refractivity contribution in [2.45, 2.75) is 0 Å². The van der Waals surface area contributed by atoms with Crippen LogP contribution in [0.4, 0.5) is 0 Å². The molecule has 0 spiro atoms. The molecule has 0 bridgehead atoms. The van der Waals surface area contributed by atoms with Crippen molar-refractivity contribution in [1.29, 1.82) is 0 Å². The Morgan fingerprint density at radius 3 is 1.43 bits per heavy atom. The third-order valence-electron chi connectivity index (χ3n) is 0. The quantitative estimate of drug-likeness (QED) is 0.358. The van der Waals surface area contributed by atoms with E-state index in [0.717, 1.165) is 0 Å². The number of rotatable bonds is 0. The van der Waals surface area contributed by atoms with E-state index in [4.69, 9.17) is 13.0 Å². The van der Waals surface area contributed by atoms with Crippen LogP contribution in [0, 0.1) is 0 Å². The lowest BCUT2D eigenvalue weighted by Gasteiger charge is -1.90. The molecule has 0 saturated carbocycles. The summed E-state index contributed by atoms with van der Waals surface area (Å²) >= 11 is 0. The first-order chi connectivity index (χ1) is 2.00. The molecule has 3 N–H and O–H groups in total. The summed E-state index contributed by atoms with van der Waals surface area (Å²) in [6, 6.07) is 0. The van der Waals surface area contributed by atoms with Gasteiger partial charge in [-0.15, -0.1) is 0 Å². The van der Waals surface area contributed by atoms with E-state index < -0.39 is 10.1 Å². The van der Waals surface area contributed by atoms with Gasteiger partial charge in [0.25, 0.3) is 0 Å². The van der Waals surface area contributed by atoms with E-state index in [1.807, 2.05) is 0 Å². The smallest absolute Gasteiger partial charge is 0.0916 e. The topological polar surface area (TPSA) is 119 Å². The van der Waals surface area contributed by atoms with E-state index in [-0.39, 0.29) is 11.0 Å². The van der Waals surface area contributed by atoms with Gasteiger partial charge in [-0.25, -0.2) is 8.42 Å². The third-order valence-corrected chi connectivity index (χ3v) is 0. The van der Waals surface area contributed by atoms with Crippen molar-refractivity contribution in [3.8, 4) is 0 Å². The molecule has 0 radical (unpaired) electrons. The molecule has 0 amide bonds. The van der Waals surface area contributed by atoms with E-state index in [1.165, 1.54) is 0 Å². The molecule has 5 nitrogen and oxygen atoms in total. The van der Waals surface area contributed by atoms with Crippen molar-refractivity contribution in [3.63, 3.8) is 0 Å². The Hall–Kier alpha value is -0.170. The zero-order chi connectivity index (χ0) is 4.50. The predicted octanol–water partition coefficient (Wildman–Crippen LogP) is -1.84. The van der Waals surface area contributed by atoms with Gasteiger partial charge in [-0.3, -0.25) is 0 Å². The molecular formula is CH6O5S-2. The second-order valence-corrected chi connectivity index (χ2v) is 2.11. The van der Waals surface area contributed by atoms with Gasteiger partial charge in [-0.1, -0.05) is 0 Å². The van der Waals surface area contributed by atoms with E-state index in [2.05, 4.69) is 0 Å². The van der Waals surface area contributed by atoms with Gasteiger partial charge in [-0.2, -0.15) is 0 Å². The molecule has 0 aliphatic rings. The van der Waals surface area contributed by atoms with Crippen molar-refractivity contribution in [3.05, 3.63) is 0 Å². The molecule has 0 aromatic heterocycles. The summed E-state index contributed by atoms with van der Waals surface area (Å²) in [6.45, 7) is 0. The van der Waals surface area contributed by atoms with Crippen LogP contribution in [-0.2, 0) is 10.1 Å². The molecule has 0 atom stereocenters. The Kier molecular flexibility index (Phi) is 9.05. The molecule has 48 valence electrons. The molecule has 7 heavy (non-hydrogen) atoms. The Labute approximate surface area is 41.3 Å². The Balaban J connectivity index is -0.0000000800. The monoisotopic (exact) mass is 130 g/mol. The highest BCUT2D eigenvalue weighted by Crippen LogP contribution is 1.59. The molecule has 0 heterocycles. The summed E-state index contributed by atoms with van der Waals surface area (Å²) in [6.07, 6.45) is 0.604. The fourth-order valence-corrected chi connectivity index (χ4v) is 0. The van der Waals surface area contributed by atoms with Crippen LogP contribution >= 0.6 is 0 Å². The molecule has 0 aromatic rings. The summed E-state index contributed by atoms with van der Waals surface area (Å²) in [7, 11) is -3.92. The van der Waals surface area contributed by atoms with Crippen molar-refractivity contribution >= 4 is 10.1 Å². The summed E-state index contributed by atoms with van der Waals surface area (Å²) in [5.74, 6) is 0. The minimum absolute atomic E-state index is 0. The van der Waals surface area contributed by atoms with Gasteiger partial charge in [0.1, 0.15) is 0 Å². The minimum Gasteiger partial charge on any atom is -0.870 e. The van der Waals surface area contributed by atoms with Crippen molar-refractivity contribution < 1.29 is 23.9 Å². The van der Waals surface area contributed by atoms with Crippen LogP contribution in [0.1, 0.15) is 0 Å². The first-order valence-corrected chi connectivity index (χ1v) is 2.72. The molecule has 6 heteroatoms. The number of hydrogen-bond acceptors (Lipinski definition) is 4. The summed E-state index contributed by atoms with van der Waals surface area (Å²) in [4.78, 5) is 0. The molecule has 0 rings (SSSR count). The van der Waals surface area contributed by atoms with E-state index in [9.17, 15) is 0 Å². The SMILES string of the molecule is CS(=O)(=O)[O-].O.[OH-]. The first kappa shape index (κ1) is 15.8. The highest BCUT2D eigenvalue weighted by molar-refractivity contribution is 7.84. The zero-order valence-corrected chi connectivity index (χ0v) is 4.40. The normalized spacial score (nSPS) is 8.29. The maximum absolute atomic E-state index is 9.08. The van der Waals surface area contributed by atoms with Crippen LogP contribution in [0.15, 0.2) is 0 Å². The largest absolute Gasteiger partial charge is 0.870 e. The van der Waals surface area contributed by atoms with Gasteiger partial charge in [0, 0.05) is 6.26 Å². The van der Waals surface area contributed by atoms with Gasteiger partial charge >= 0.3 is 0 Å². The lowest BCUT2D eigenvalue weighted by Crippen LogP contribution is -1.88. The summed E-state index contributed by atoms with van der Waals surface area (Å²) < 4.78 is 27.2. The van der Waals surface area contributed by atoms with Gasteiger partial charge in [-0.05, 0) is 0 Å². The summed E-state index contributed by atoms with van der Waals surface area (Å²) in [5.41, 5.74) is 0. The lowest BCUT2D eigenvalue weighted by molar-refractivity contribution is 0.470. The highest BCUT2D eigenvalue weighted by Gasteiger charge is 1.65. The average Bonchev–Trinajstić information content (AvgIpc) is 0.722. The second-order valence-electron chi connectivity index (χ2n) is 0.704. The standard InChI is InChI=1S/CH4O3S.2H2O/c1-5(2,3)4;;/h1H3,(H,2,3,4);2*1H2/p-2. The maximum atomic E-state index is 9.08. The minimum atomic E-state index is -3.92. The van der Waals surface area contributed by atoms with Gasteiger partial charge in [0.05, 0.1) is 10.1 Å². The predicted molar refractivity (Wildman–Crippen MR) is 21.2 cm³/mol. The second kappa shape index (κ2) is 4.00. The van der Waals surface area contributed by atoms with Crippen LogP contribution < -0.4 is 0 Å². The van der Waals surface area contributed by atoms with Crippen LogP contribution in [0.3, 0.4) is 0 Å². The van der Waals surface area contributed by atoms with E-state index in [1.54, 1.807) is 0 Å². The average molecular weight is 130 g/mol. The van der Waals surface area contributed by atoms with Crippen molar-refractivity contribution in [2.24, 2.45) is 0 Å². The first-order valence-electron chi connectivity index (χ1n) is 0.908. The van der Waals surface area contributed by atoms with E-state index in [0.29, 0.717) is 6.26 Å². The molecule has 0 fully saturated rings. The Bertz CT molecular complexity index is 91.2. The maximum Gasteiger partial charge on any atom is 0.0916 e. The number of hydrogen-bond donors (Lipinski definition) is 0. The van der Waals surface area contributed by atoms with Crippen LogP contribution in [0.25, 0.3) is 0 Å². The van der Waals surface area contributed by atoms with Crippen LogP contribution in [-0.4, -0.2) is 30.2 Å². The van der Waals surface area contributed by atoms with Gasteiger partial charge in [0.2, 0.25) is 0 Å². The Morgan fingerprint density at radius 1 is 1.43 bits per heavy atom. The third kappa shape index (κ3) is 2960. The van der Waals surface area contributed by atoms with Crippen LogP contribution in [0.5, 0.6) is 0 Å². The van der Waals surface area contributed by atoms with Crippen molar-refractivity contribution in [2.75, 3.05) is 6.26 Å². The molecule has 0 unspecified atom stereocenters. The Morgan fingerprint density at radius 2 is 1.43 bits per heavy atom. The van der Waals surface area contributed by atoms with E-state index >= 15 is 0 Å². The molecule has 0 saturated heterocycles.